The standard InChI is InChI=1S/C35H40N6O2/c1-38(2)25-28-22-27(10-13-33(28)42)23-40-20-16-31(17-21-40)41(35-37-32-6-4-5-7-34(32)43-35)24-26-8-11-29(12-9-26)39(3)30-14-18-36-19-15-30/h4-15,18-19,22,31,42H,16-17,20-21,23-25H2,1-3H3. The van der Waals surface area contributed by atoms with E-state index >= 15 is 0 Å². The molecule has 0 atom stereocenters. The van der Waals surface area contributed by atoms with Gasteiger partial charge in [0.05, 0.1) is 0 Å². The maximum absolute atomic E-state index is 10.3. The summed E-state index contributed by atoms with van der Waals surface area (Å²) in [7, 11) is 6.12. The highest BCUT2D eigenvalue weighted by molar-refractivity contribution is 5.74. The highest BCUT2D eigenvalue weighted by atomic mass is 16.4. The number of likely N-dealkylation sites (tertiary alicyclic amines) is 1. The number of fused-ring (bicyclic) bond motifs is 1. The molecule has 5 aromatic rings. The number of oxazole rings is 1. The molecule has 1 aliphatic rings. The Kier molecular flexibility index (Phi) is 8.58. The number of rotatable bonds is 10. The average molecular weight is 577 g/mol. The van der Waals surface area contributed by atoms with Gasteiger partial charge in [-0.1, -0.05) is 30.3 Å². The number of piperidine rings is 1. The Hall–Kier alpha value is -4.40. The average Bonchev–Trinajstić information content (AvgIpc) is 3.46. The maximum atomic E-state index is 10.3. The highest BCUT2D eigenvalue weighted by Gasteiger charge is 2.28. The lowest BCUT2D eigenvalue weighted by atomic mass is 10.0. The van der Waals surface area contributed by atoms with E-state index in [-0.39, 0.29) is 0 Å². The van der Waals surface area contributed by atoms with E-state index in [4.69, 9.17) is 9.40 Å². The van der Waals surface area contributed by atoms with Gasteiger partial charge in [0.1, 0.15) is 11.3 Å². The van der Waals surface area contributed by atoms with E-state index in [0.717, 1.165) is 73.6 Å². The second-order valence-corrected chi connectivity index (χ2v) is 11.7. The summed E-state index contributed by atoms with van der Waals surface area (Å²) >= 11 is 0. The van der Waals surface area contributed by atoms with Crippen molar-refractivity contribution in [3.05, 3.63) is 108 Å². The van der Waals surface area contributed by atoms with E-state index in [2.05, 4.69) is 62.0 Å². The SMILES string of the molecule is CN(C)Cc1cc(CN2CCC(N(Cc3ccc(N(C)c4ccncc4)cc3)c3nc4ccccc4o3)CC2)ccc1O. The Morgan fingerprint density at radius 1 is 0.837 bits per heavy atom. The highest BCUT2D eigenvalue weighted by Crippen LogP contribution is 2.30. The number of phenols is 1. The minimum Gasteiger partial charge on any atom is -0.508 e. The third-order valence-corrected chi connectivity index (χ3v) is 8.29. The van der Waals surface area contributed by atoms with Crippen molar-refractivity contribution >= 4 is 28.5 Å². The van der Waals surface area contributed by atoms with E-state index < -0.39 is 0 Å². The molecule has 6 rings (SSSR count). The fourth-order valence-electron chi connectivity index (χ4n) is 5.93. The molecule has 0 unspecified atom stereocenters. The number of pyridine rings is 1. The molecule has 0 amide bonds. The first-order valence-corrected chi connectivity index (χ1v) is 15.0. The van der Waals surface area contributed by atoms with Gasteiger partial charge in [0.25, 0.3) is 6.01 Å². The van der Waals surface area contributed by atoms with Crippen LogP contribution in [0.3, 0.4) is 0 Å². The van der Waals surface area contributed by atoms with Crippen LogP contribution in [0.15, 0.2) is 95.7 Å². The Bertz CT molecular complexity index is 1590. The molecular formula is C35H40N6O2. The van der Waals surface area contributed by atoms with Crippen LogP contribution < -0.4 is 9.80 Å². The Labute approximate surface area is 253 Å². The molecule has 0 saturated carbocycles. The number of hydrogen-bond acceptors (Lipinski definition) is 8. The van der Waals surface area contributed by atoms with E-state index in [1.165, 1.54) is 11.1 Å². The molecule has 1 fully saturated rings. The molecule has 222 valence electrons. The number of hydrogen-bond donors (Lipinski definition) is 1. The third-order valence-electron chi connectivity index (χ3n) is 8.29. The zero-order chi connectivity index (χ0) is 29.8. The van der Waals surface area contributed by atoms with E-state index in [1.54, 1.807) is 0 Å². The smallest absolute Gasteiger partial charge is 0.298 e. The quantitative estimate of drug-likeness (QED) is 0.204. The van der Waals surface area contributed by atoms with Crippen molar-refractivity contribution in [2.24, 2.45) is 0 Å². The molecule has 43 heavy (non-hydrogen) atoms. The van der Waals surface area contributed by atoms with Crippen molar-refractivity contribution in [1.29, 1.82) is 0 Å². The predicted octanol–water partition coefficient (Wildman–Crippen LogP) is 6.43. The summed E-state index contributed by atoms with van der Waals surface area (Å²) in [6, 6.07) is 27.8. The molecule has 0 bridgehead atoms. The number of benzene rings is 3. The van der Waals surface area contributed by atoms with Gasteiger partial charge < -0.3 is 24.2 Å². The van der Waals surface area contributed by atoms with Crippen LogP contribution in [0.1, 0.15) is 29.5 Å². The first-order chi connectivity index (χ1) is 20.9. The molecule has 3 heterocycles. The summed E-state index contributed by atoms with van der Waals surface area (Å²) in [5, 5.41) is 10.3. The molecule has 8 heteroatoms. The van der Waals surface area contributed by atoms with Gasteiger partial charge in [-0.25, -0.2) is 0 Å². The number of aromatic nitrogens is 2. The van der Waals surface area contributed by atoms with E-state index in [0.29, 0.717) is 17.8 Å². The molecule has 0 spiro atoms. The summed E-state index contributed by atoms with van der Waals surface area (Å²) in [6.07, 6.45) is 5.67. The van der Waals surface area contributed by atoms with Gasteiger partial charge in [0, 0.05) is 75.1 Å². The lowest BCUT2D eigenvalue weighted by Crippen LogP contribution is -2.44. The number of phenolic OH excluding ortho intramolecular Hbond substituents is 1. The van der Waals surface area contributed by atoms with Crippen LogP contribution in [0.4, 0.5) is 17.4 Å². The normalized spacial score (nSPS) is 14.4. The molecule has 8 nitrogen and oxygen atoms in total. The van der Waals surface area contributed by atoms with Gasteiger partial charge in [0.15, 0.2) is 5.58 Å². The third kappa shape index (κ3) is 6.82. The van der Waals surface area contributed by atoms with Gasteiger partial charge in [-0.2, -0.15) is 4.98 Å². The number of aromatic hydroxyl groups is 1. The van der Waals surface area contributed by atoms with E-state index in [1.807, 2.05) is 75.0 Å². The van der Waals surface area contributed by atoms with Crippen LogP contribution in [-0.2, 0) is 19.6 Å². The summed E-state index contributed by atoms with van der Waals surface area (Å²) in [5.74, 6) is 0.363. The fourth-order valence-corrected chi connectivity index (χ4v) is 5.93. The van der Waals surface area contributed by atoms with Gasteiger partial charge in [-0.3, -0.25) is 9.88 Å². The maximum Gasteiger partial charge on any atom is 0.298 e. The van der Waals surface area contributed by atoms with Gasteiger partial charge >= 0.3 is 0 Å². The first-order valence-electron chi connectivity index (χ1n) is 15.0. The van der Waals surface area contributed by atoms with Crippen LogP contribution in [0.25, 0.3) is 11.1 Å². The Morgan fingerprint density at radius 3 is 2.26 bits per heavy atom. The predicted molar refractivity (Wildman–Crippen MR) is 173 cm³/mol. The molecule has 1 saturated heterocycles. The zero-order valence-corrected chi connectivity index (χ0v) is 25.2. The van der Waals surface area contributed by atoms with Crippen LogP contribution in [0.5, 0.6) is 5.75 Å². The van der Waals surface area contributed by atoms with Gasteiger partial charge in [-0.05, 0) is 86.6 Å². The first kappa shape index (κ1) is 28.7. The largest absolute Gasteiger partial charge is 0.508 e. The summed E-state index contributed by atoms with van der Waals surface area (Å²) in [6.45, 7) is 4.30. The Morgan fingerprint density at radius 2 is 1.53 bits per heavy atom. The molecule has 3 aromatic carbocycles. The monoisotopic (exact) mass is 576 g/mol. The lowest BCUT2D eigenvalue weighted by Gasteiger charge is -2.38. The molecule has 0 radical (unpaired) electrons. The Balaban J connectivity index is 1.17. The topological polar surface area (TPSA) is 72.1 Å². The molecular weight excluding hydrogens is 536 g/mol. The number of nitrogens with zero attached hydrogens (tertiary/aromatic N) is 6. The second-order valence-electron chi connectivity index (χ2n) is 11.7. The van der Waals surface area contributed by atoms with E-state index in [9.17, 15) is 5.11 Å². The number of para-hydroxylation sites is 2. The minimum atomic E-state index is 0.313. The molecule has 1 N–H and O–H groups in total. The molecule has 2 aromatic heterocycles. The van der Waals surface area contributed by atoms with Crippen LogP contribution in [-0.4, -0.2) is 65.1 Å². The van der Waals surface area contributed by atoms with Gasteiger partial charge in [0.2, 0.25) is 0 Å². The fraction of sp³-hybridized carbons (Fsp3) is 0.314. The van der Waals surface area contributed by atoms with Crippen molar-refractivity contribution in [3.8, 4) is 5.75 Å². The van der Waals surface area contributed by atoms with Crippen molar-refractivity contribution in [2.45, 2.75) is 38.5 Å². The minimum absolute atomic E-state index is 0.313. The van der Waals surface area contributed by atoms with Crippen LogP contribution >= 0.6 is 0 Å². The van der Waals surface area contributed by atoms with Crippen molar-refractivity contribution in [3.63, 3.8) is 0 Å². The van der Waals surface area contributed by atoms with Crippen molar-refractivity contribution in [2.75, 3.05) is 44.0 Å². The summed E-state index contributed by atoms with van der Waals surface area (Å²) in [4.78, 5) is 18.2. The van der Waals surface area contributed by atoms with Crippen LogP contribution in [0, 0.1) is 0 Å². The second kappa shape index (κ2) is 12.9. The molecule has 0 aliphatic carbocycles. The summed E-state index contributed by atoms with van der Waals surface area (Å²) in [5.41, 5.74) is 7.35. The summed E-state index contributed by atoms with van der Waals surface area (Å²) < 4.78 is 6.31. The lowest BCUT2D eigenvalue weighted by molar-refractivity contribution is 0.198. The van der Waals surface area contributed by atoms with Gasteiger partial charge in [-0.15, -0.1) is 0 Å². The van der Waals surface area contributed by atoms with Crippen molar-refractivity contribution in [1.82, 2.24) is 19.8 Å². The van der Waals surface area contributed by atoms with Crippen LogP contribution in [0.2, 0.25) is 0 Å². The zero-order valence-electron chi connectivity index (χ0n) is 25.2. The number of anilines is 3. The van der Waals surface area contributed by atoms with Crippen molar-refractivity contribution < 1.29 is 9.52 Å². The molecule has 1 aliphatic heterocycles.